The lowest BCUT2D eigenvalue weighted by Gasteiger charge is -2.08. The van der Waals surface area contributed by atoms with Crippen LogP contribution >= 0.6 is 22.6 Å². The summed E-state index contributed by atoms with van der Waals surface area (Å²) in [6.07, 6.45) is -3.02. The van der Waals surface area contributed by atoms with Gasteiger partial charge in [0.25, 0.3) is 0 Å². The Balaban J connectivity index is 2.89. The summed E-state index contributed by atoms with van der Waals surface area (Å²) < 4.78 is 37.0. The summed E-state index contributed by atoms with van der Waals surface area (Å²) in [6.45, 7) is -1.60. The average molecular weight is 306 g/mol. The highest BCUT2D eigenvalue weighted by molar-refractivity contribution is 14.1. The van der Waals surface area contributed by atoms with Crippen LogP contribution in [0.1, 0.15) is 5.69 Å². The minimum atomic E-state index is -4.31. The van der Waals surface area contributed by atoms with E-state index in [1.165, 1.54) is 6.20 Å². The maximum absolute atomic E-state index is 11.9. The van der Waals surface area contributed by atoms with Crippen LogP contribution in [0.4, 0.5) is 13.2 Å². The minimum absolute atomic E-state index is 0.193. The molecule has 0 amide bonds. The second-order valence-electron chi connectivity index (χ2n) is 2.37. The van der Waals surface area contributed by atoms with Crippen molar-refractivity contribution in [3.05, 3.63) is 15.5 Å². The standard InChI is InChI=1S/C6H6F3IN2O/c7-6(8,9)3-12-5(2-13)4(10)1-11-12/h1,13H,2-3H2. The molecule has 13 heavy (non-hydrogen) atoms. The third-order valence-electron chi connectivity index (χ3n) is 1.38. The molecular weight excluding hydrogens is 300 g/mol. The van der Waals surface area contributed by atoms with Crippen LogP contribution in [-0.4, -0.2) is 21.1 Å². The van der Waals surface area contributed by atoms with Gasteiger partial charge in [0.05, 0.1) is 22.1 Å². The number of aliphatic hydroxyl groups is 1. The van der Waals surface area contributed by atoms with E-state index in [0.717, 1.165) is 4.68 Å². The quantitative estimate of drug-likeness (QED) is 0.842. The third kappa shape index (κ3) is 2.83. The molecule has 0 spiro atoms. The molecule has 0 fully saturated rings. The topological polar surface area (TPSA) is 38.1 Å². The largest absolute Gasteiger partial charge is 0.408 e. The predicted molar refractivity (Wildman–Crippen MR) is 46.9 cm³/mol. The summed E-state index contributed by atoms with van der Waals surface area (Å²) in [4.78, 5) is 0. The maximum atomic E-state index is 11.9. The number of hydrogen-bond acceptors (Lipinski definition) is 2. The second-order valence-corrected chi connectivity index (χ2v) is 3.53. The van der Waals surface area contributed by atoms with Gasteiger partial charge < -0.3 is 5.11 Å². The number of rotatable bonds is 2. The van der Waals surface area contributed by atoms with E-state index in [1.807, 2.05) is 22.6 Å². The Morgan fingerprint density at radius 3 is 2.62 bits per heavy atom. The van der Waals surface area contributed by atoms with Crippen molar-refractivity contribution in [3.63, 3.8) is 0 Å². The zero-order valence-electron chi connectivity index (χ0n) is 6.35. The first-order valence-corrected chi connectivity index (χ1v) is 4.39. The molecular formula is C6H6F3IN2O. The molecule has 0 aliphatic carbocycles. The minimum Gasteiger partial charge on any atom is -0.390 e. The summed E-state index contributed by atoms with van der Waals surface area (Å²) >= 11 is 1.82. The first-order chi connectivity index (χ1) is 5.94. The van der Waals surface area contributed by atoms with Crippen molar-refractivity contribution in [2.45, 2.75) is 19.3 Å². The summed E-state index contributed by atoms with van der Waals surface area (Å²) in [6, 6.07) is 0. The molecule has 0 radical (unpaired) electrons. The normalized spacial score (nSPS) is 12.1. The molecule has 0 saturated carbocycles. The molecule has 0 aliphatic rings. The molecule has 74 valence electrons. The fourth-order valence-electron chi connectivity index (χ4n) is 0.851. The molecule has 0 atom stereocenters. The van der Waals surface area contributed by atoms with Crippen LogP contribution in [-0.2, 0) is 13.2 Å². The van der Waals surface area contributed by atoms with Crippen LogP contribution in [0.5, 0.6) is 0 Å². The summed E-state index contributed by atoms with van der Waals surface area (Å²) in [5.41, 5.74) is 0.193. The lowest BCUT2D eigenvalue weighted by Crippen LogP contribution is -2.20. The van der Waals surface area contributed by atoms with Crippen molar-refractivity contribution in [1.82, 2.24) is 9.78 Å². The van der Waals surface area contributed by atoms with E-state index in [4.69, 9.17) is 5.11 Å². The zero-order chi connectivity index (χ0) is 10.1. The molecule has 0 aromatic carbocycles. The Hall–Kier alpha value is -0.310. The van der Waals surface area contributed by atoms with E-state index in [9.17, 15) is 13.2 Å². The molecule has 0 saturated heterocycles. The van der Waals surface area contributed by atoms with Crippen molar-refractivity contribution in [3.8, 4) is 0 Å². The molecule has 3 nitrogen and oxygen atoms in total. The van der Waals surface area contributed by atoms with E-state index in [1.54, 1.807) is 0 Å². The number of alkyl halides is 3. The monoisotopic (exact) mass is 306 g/mol. The molecule has 0 aliphatic heterocycles. The van der Waals surface area contributed by atoms with Crippen LogP contribution in [0.25, 0.3) is 0 Å². The lowest BCUT2D eigenvalue weighted by atomic mass is 10.4. The van der Waals surface area contributed by atoms with Gasteiger partial charge in [0.2, 0.25) is 0 Å². The van der Waals surface area contributed by atoms with Crippen molar-refractivity contribution >= 4 is 22.6 Å². The van der Waals surface area contributed by atoms with E-state index in [2.05, 4.69) is 5.10 Å². The van der Waals surface area contributed by atoms with Crippen molar-refractivity contribution in [2.75, 3.05) is 0 Å². The van der Waals surface area contributed by atoms with Gasteiger partial charge in [-0.25, -0.2) is 0 Å². The highest BCUT2D eigenvalue weighted by Crippen LogP contribution is 2.20. The van der Waals surface area contributed by atoms with Crippen LogP contribution in [0.2, 0.25) is 0 Å². The van der Waals surface area contributed by atoms with Crippen LogP contribution in [0.3, 0.4) is 0 Å². The van der Waals surface area contributed by atoms with Crippen LogP contribution < -0.4 is 0 Å². The summed E-state index contributed by atoms with van der Waals surface area (Å²) in [7, 11) is 0. The van der Waals surface area contributed by atoms with Crippen LogP contribution in [0, 0.1) is 3.57 Å². The fraction of sp³-hybridized carbons (Fsp3) is 0.500. The number of aliphatic hydroxyl groups excluding tert-OH is 1. The number of nitrogens with zero attached hydrogens (tertiary/aromatic N) is 2. The van der Waals surface area contributed by atoms with Crippen molar-refractivity contribution in [2.24, 2.45) is 0 Å². The average Bonchev–Trinajstić information content (AvgIpc) is 2.28. The Kier molecular flexibility index (Phi) is 3.17. The fourth-order valence-corrected chi connectivity index (χ4v) is 1.42. The first kappa shape index (κ1) is 10.8. The highest BCUT2D eigenvalue weighted by atomic mass is 127. The Morgan fingerprint density at radius 1 is 1.54 bits per heavy atom. The van der Waals surface area contributed by atoms with Gasteiger partial charge in [0, 0.05) is 0 Å². The van der Waals surface area contributed by atoms with Gasteiger partial charge in [-0.1, -0.05) is 0 Å². The van der Waals surface area contributed by atoms with Gasteiger partial charge in [0.1, 0.15) is 6.54 Å². The smallest absolute Gasteiger partial charge is 0.390 e. The molecule has 1 aromatic rings. The van der Waals surface area contributed by atoms with Gasteiger partial charge >= 0.3 is 6.18 Å². The van der Waals surface area contributed by atoms with Crippen molar-refractivity contribution < 1.29 is 18.3 Å². The van der Waals surface area contributed by atoms with Gasteiger partial charge in [0.15, 0.2) is 0 Å². The lowest BCUT2D eigenvalue weighted by molar-refractivity contribution is -0.143. The molecule has 0 unspecified atom stereocenters. The van der Waals surface area contributed by atoms with Crippen LogP contribution in [0.15, 0.2) is 6.20 Å². The molecule has 7 heteroatoms. The molecule has 0 bridgehead atoms. The molecule has 1 N–H and O–H groups in total. The van der Waals surface area contributed by atoms with E-state index in [0.29, 0.717) is 3.57 Å². The molecule has 1 heterocycles. The Bertz CT molecular complexity index is 297. The highest BCUT2D eigenvalue weighted by Gasteiger charge is 2.29. The number of halogens is 4. The number of hydrogen-bond donors (Lipinski definition) is 1. The van der Waals surface area contributed by atoms with Gasteiger partial charge in [-0.15, -0.1) is 0 Å². The SMILES string of the molecule is OCc1c(I)cnn1CC(F)(F)F. The molecule has 1 rings (SSSR count). The Morgan fingerprint density at radius 2 is 2.15 bits per heavy atom. The maximum Gasteiger partial charge on any atom is 0.408 e. The van der Waals surface area contributed by atoms with Gasteiger partial charge in [-0.2, -0.15) is 18.3 Å². The van der Waals surface area contributed by atoms with E-state index >= 15 is 0 Å². The van der Waals surface area contributed by atoms with Gasteiger partial charge in [-0.05, 0) is 22.6 Å². The zero-order valence-corrected chi connectivity index (χ0v) is 8.50. The Labute approximate surface area is 85.7 Å². The van der Waals surface area contributed by atoms with Crippen molar-refractivity contribution in [1.29, 1.82) is 0 Å². The summed E-state index contributed by atoms with van der Waals surface area (Å²) in [5, 5.41) is 12.3. The van der Waals surface area contributed by atoms with E-state index < -0.39 is 19.3 Å². The predicted octanol–water partition coefficient (Wildman–Crippen LogP) is 1.54. The van der Waals surface area contributed by atoms with Gasteiger partial charge in [-0.3, -0.25) is 4.68 Å². The third-order valence-corrected chi connectivity index (χ3v) is 2.28. The number of aromatic nitrogens is 2. The van der Waals surface area contributed by atoms with E-state index in [-0.39, 0.29) is 5.69 Å². The summed E-state index contributed by atoms with van der Waals surface area (Å²) in [5.74, 6) is 0. The first-order valence-electron chi connectivity index (χ1n) is 3.32. The second kappa shape index (κ2) is 3.82. The molecule has 1 aromatic heterocycles.